The van der Waals surface area contributed by atoms with Gasteiger partial charge in [0.2, 0.25) is 11.8 Å². The molecule has 11 heteroatoms. The Bertz CT molecular complexity index is 561. The van der Waals surface area contributed by atoms with Gasteiger partial charge in [-0.3, -0.25) is 9.59 Å². The first-order chi connectivity index (χ1) is 11.3. The fourth-order valence-corrected chi connectivity index (χ4v) is 1.77. The van der Waals surface area contributed by atoms with E-state index in [2.05, 4.69) is 20.6 Å². The summed E-state index contributed by atoms with van der Waals surface area (Å²) >= 11 is 0. The first-order valence-corrected chi connectivity index (χ1v) is 7.11. The van der Waals surface area contributed by atoms with E-state index >= 15 is 0 Å². The van der Waals surface area contributed by atoms with Gasteiger partial charge in [0.1, 0.15) is 18.1 Å². The Hall–Kier alpha value is -2.50. The predicted molar refractivity (Wildman–Crippen MR) is 80.5 cm³/mol. The minimum atomic E-state index is -1.40. The third kappa shape index (κ3) is 5.61. The molecule has 0 aliphatic heterocycles. The van der Waals surface area contributed by atoms with E-state index in [1.165, 1.54) is 19.4 Å². The van der Waals surface area contributed by atoms with Crippen LogP contribution in [0.1, 0.15) is 12.6 Å². The number of carboxylic acid groups (broad SMARTS) is 1. The van der Waals surface area contributed by atoms with E-state index in [0.717, 1.165) is 0 Å². The molecule has 1 heterocycles. The van der Waals surface area contributed by atoms with Gasteiger partial charge in [-0.25, -0.2) is 9.78 Å². The maximum absolute atomic E-state index is 12.1. The standard InChI is InChI=1S/C13H21N5O6/c1-6(20)10(14)12(22)18-9(4-19)11(21)17-8(13(23)24)2-7-3-15-5-16-7/h3,5-6,8-10,19-20H,2,4,14H2,1H3,(H,15,16)(H,17,21)(H,18,22)(H,23,24)/t6-,8+,9+,10+/m1/s1. The summed E-state index contributed by atoms with van der Waals surface area (Å²) in [7, 11) is 0. The molecule has 0 spiro atoms. The number of carboxylic acids is 1. The van der Waals surface area contributed by atoms with Crippen molar-refractivity contribution >= 4 is 17.8 Å². The number of hydrogen-bond acceptors (Lipinski definition) is 7. The van der Waals surface area contributed by atoms with Crippen molar-refractivity contribution in [1.29, 1.82) is 0 Å². The number of aliphatic carboxylic acids is 1. The third-order valence-electron chi connectivity index (χ3n) is 3.23. The molecule has 4 atom stereocenters. The highest BCUT2D eigenvalue weighted by molar-refractivity contribution is 5.92. The molecule has 0 unspecified atom stereocenters. The molecular weight excluding hydrogens is 322 g/mol. The van der Waals surface area contributed by atoms with E-state index < -0.39 is 48.6 Å². The number of hydrogen-bond donors (Lipinski definition) is 7. The lowest BCUT2D eigenvalue weighted by molar-refractivity contribution is -0.142. The normalized spacial score (nSPS) is 15.8. The van der Waals surface area contributed by atoms with Crippen molar-refractivity contribution in [1.82, 2.24) is 20.6 Å². The number of nitrogens with zero attached hydrogens (tertiary/aromatic N) is 1. The molecule has 11 nitrogen and oxygen atoms in total. The van der Waals surface area contributed by atoms with E-state index in [-0.39, 0.29) is 6.42 Å². The lowest BCUT2D eigenvalue weighted by Crippen LogP contribution is -2.57. The Kier molecular flexibility index (Phi) is 7.30. The molecule has 0 fully saturated rings. The summed E-state index contributed by atoms with van der Waals surface area (Å²) in [6, 6.07) is -3.97. The Morgan fingerprint density at radius 3 is 2.38 bits per heavy atom. The summed E-state index contributed by atoms with van der Waals surface area (Å²) in [4.78, 5) is 41.5. The van der Waals surface area contributed by atoms with Crippen LogP contribution < -0.4 is 16.4 Å². The smallest absolute Gasteiger partial charge is 0.326 e. The van der Waals surface area contributed by atoms with Gasteiger partial charge in [-0.15, -0.1) is 0 Å². The topological polar surface area (TPSA) is 191 Å². The zero-order valence-electron chi connectivity index (χ0n) is 13.0. The quantitative estimate of drug-likeness (QED) is 0.242. The van der Waals surface area contributed by atoms with E-state index in [4.69, 9.17) is 10.8 Å². The van der Waals surface area contributed by atoms with Gasteiger partial charge in [-0.05, 0) is 6.92 Å². The molecule has 8 N–H and O–H groups in total. The van der Waals surface area contributed by atoms with Crippen LogP contribution in [-0.2, 0) is 20.8 Å². The number of nitrogens with one attached hydrogen (secondary N) is 3. The largest absolute Gasteiger partial charge is 0.480 e. The van der Waals surface area contributed by atoms with Crippen LogP contribution >= 0.6 is 0 Å². The van der Waals surface area contributed by atoms with E-state index in [0.29, 0.717) is 5.69 Å². The van der Waals surface area contributed by atoms with Crippen molar-refractivity contribution in [3.8, 4) is 0 Å². The summed E-state index contributed by atoms with van der Waals surface area (Å²) in [5.74, 6) is -3.03. The zero-order valence-corrected chi connectivity index (χ0v) is 13.0. The minimum absolute atomic E-state index is 0.0552. The van der Waals surface area contributed by atoms with Crippen molar-refractivity contribution in [2.24, 2.45) is 5.73 Å². The van der Waals surface area contributed by atoms with Gasteiger partial charge < -0.3 is 36.7 Å². The van der Waals surface area contributed by atoms with Gasteiger partial charge in [0.25, 0.3) is 0 Å². The minimum Gasteiger partial charge on any atom is -0.480 e. The van der Waals surface area contributed by atoms with Crippen molar-refractivity contribution in [3.63, 3.8) is 0 Å². The zero-order chi connectivity index (χ0) is 18.3. The maximum atomic E-state index is 12.1. The molecule has 1 aromatic rings. The lowest BCUT2D eigenvalue weighted by Gasteiger charge is -2.22. The molecule has 2 amide bonds. The first-order valence-electron chi connectivity index (χ1n) is 7.11. The summed E-state index contributed by atoms with van der Waals surface area (Å²) in [6.45, 7) is 0.531. The summed E-state index contributed by atoms with van der Waals surface area (Å²) in [5, 5.41) is 32.0. The highest BCUT2D eigenvalue weighted by Crippen LogP contribution is 2.00. The Balaban J connectivity index is 2.69. The fraction of sp³-hybridized carbons (Fsp3) is 0.538. The first kappa shape index (κ1) is 19.5. The van der Waals surface area contributed by atoms with Crippen LogP contribution in [0, 0.1) is 0 Å². The van der Waals surface area contributed by atoms with Gasteiger partial charge in [-0.2, -0.15) is 0 Å². The van der Waals surface area contributed by atoms with Gasteiger partial charge in [0.15, 0.2) is 0 Å². The van der Waals surface area contributed by atoms with E-state index in [1.807, 2.05) is 0 Å². The molecule has 134 valence electrons. The summed E-state index contributed by atoms with van der Waals surface area (Å²) in [5.41, 5.74) is 5.91. The molecule has 0 aliphatic rings. The summed E-state index contributed by atoms with van der Waals surface area (Å²) < 4.78 is 0. The fourth-order valence-electron chi connectivity index (χ4n) is 1.77. The second kappa shape index (κ2) is 8.96. The Morgan fingerprint density at radius 1 is 1.29 bits per heavy atom. The van der Waals surface area contributed by atoms with Crippen molar-refractivity contribution in [2.45, 2.75) is 37.6 Å². The van der Waals surface area contributed by atoms with E-state index in [1.54, 1.807) is 0 Å². The molecule has 24 heavy (non-hydrogen) atoms. The maximum Gasteiger partial charge on any atom is 0.326 e. The van der Waals surface area contributed by atoms with Crippen LogP contribution in [0.2, 0.25) is 0 Å². The lowest BCUT2D eigenvalue weighted by atomic mass is 10.1. The van der Waals surface area contributed by atoms with Crippen LogP contribution in [-0.4, -0.2) is 73.9 Å². The number of imidazole rings is 1. The average Bonchev–Trinajstić information content (AvgIpc) is 3.03. The average molecular weight is 343 g/mol. The molecule has 0 aromatic carbocycles. The Morgan fingerprint density at radius 2 is 1.92 bits per heavy atom. The molecular formula is C13H21N5O6. The molecule has 0 saturated heterocycles. The van der Waals surface area contributed by atoms with Crippen LogP contribution in [0.3, 0.4) is 0 Å². The second-order valence-electron chi connectivity index (χ2n) is 5.19. The number of carbonyl (C=O) groups excluding carboxylic acids is 2. The van der Waals surface area contributed by atoms with Gasteiger partial charge in [-0.1, -0.05) is 0 Å². The van der Waals surface area contributed by atoms with Gasteiger partial charge in [0, 0.05) is 18.3 Å². The number of aromatic nitrogens is 2. The number of aliphatic hydroxyl groups is 2. The number of aliphatic hydroxyl groups excluding tert-OH is 2. The number of nitrogens with two attached hydrogens (primary N) is 1. The van der Waals surface area contributed by atoms with Gasteiger partial charge >= 0.3 is 5.97 Å². The molecule has 0 radical (unpaired) electrons. The van der Waals surface area contributed by atoms with Crippen LogP contribution in [0.25, 0.3) is 0 Å². The molecule has 1 aromatic heterocycles. The summed E-state index contributed by atoms with van der Waals surface area (Å²) in [6.07, 6.45) is 1.57. The second-order valence-corrected chi connectivity index (χ2v) is 5.19. The third-order valence-corrected chi connectivity index (χ3v) is 3.23. The Labute approximate surface area is 137 Å². The molecule has 0 saturated carbocycles. The number of H-pyrrole nitrogens is 1. The van der Waals surface area contributed by atoms with E-state index in [9.17, 15) is 24.6 Å². The number of carbonyl (C=O) groups is 3. The highest BCUT2D eigenvalue weighted by atomic mass is 16.4. The van der Waals surface area contributed by atoms with Gasteiger partial charge in [0.05, 0.1) is 19.0 Å². The molecule has 0 aliphatic carbocycles. The monoisotopic (exact) mass is 343 g/mol. The molecule has 0 bridgehead atoms. The predicted octanol–water partition coefficient (Wildman–Crippen LogP) is -3.29. The van der Waals surface area contributed by atoms with Crippen molar-refractivity contribution in [2.75, 3.05) is 6.61 Å². The van der Waals surface area contributed by atoms with Crippen LogP contribution in [0.5, 0.6) is 0 Å². The van der Waals surface area contributed by atoms with Crippen molar-refractivity contribution < 1.29 is 29.7 Å². The highest BCUT2D eigenvalue weighted by Gasteiger charge is 2.28. The van der Waals surface area contributed by atoms with Crippen LogP contribution in [0.15, 0.2) is 12.5 Å². The van der Waals surface area contributed by atoms with Crippen molar-refractivity contribution in [3.05, 3.63) is 18.2 Å². The SMILES string of the molecule is C[C@@H](O)[C@H](N)C(=O)N[C@@H](CO)C(=O)N[C@@H](Cc1cnc[nH]1)C(=O)O. The number of amides is 2. The molecule has 1 rings (SSSR count). The number of rotatable bonds is 9. The number of aromatic amines is 1. The van der Waals surface area contributed by atoms with Crippen LogP contribution in [0.4, 0.5) is 0 Å².